The first kappa shape index (κ1) is 17.2. The minimum atomic E-state index is 0.129. The summed E-state index contributed by atoms with van der Waals surface area (Å²) >= 11 is 0. The lowest BCUT2D eigenvalue weighted by molar-refractivity contribution is 0.200. The van der Waals surface area contributed by atoms with Crippen LogP contribution >= 0.6 is 0 Å². The van der Waals surface area contributed by atoms with Gasteiger partial charge in [0.1, 0.15) is 5.82 Å². The van der Waals surface area contributed by atoms with Crippen molar-refractivity contribution in [1.82, 2.24) is 24.2 Å². The van der Waals surface area contributed by atoms with Crippen LogP contribution in [0.15, 0.2) is 30.5 Å². The van der Waals surface area contributed by atoms with E-state index in [0.717, 1.165) is 43.7 Å². The highest BCUT2D eigenvalue weighted by molar-refractivity contribution is 5.75. The number of likely N-dealkylation sites (tertiary alicyclic amines) is 1. The molecule has 0 spiro atoms. The van der Waals surface area contributed by atoms with Gasteiger partial charge in [0.2, 0.25) is 0 Å². The Bertz CT molecular complexity index is 889. The van der Waals surface area contributed by atoms with Gasteiger partial charge in [0.05, 0.1) is 29.9 Å². The number of fused-ring (bicyclic) bond motifs is 1. The third kappa shape index (κ3) is 3.27. The van der Waals surface area contributed by atoms with Crippen molar-refractivity contribution in [3.8, 4) is 0 Å². The van der Waals surface area contributed by atoms with Crippen LogP contribution in [-0.4, -0.2) is 49.0 Å². The Labute approximate surface area is 154 Å². The van der Waals surface area contributed by atoms with Crippen molar-refractivity contribution in [2.75, 3.05) is 19.7 Å². The number of aryl methyl sites for hydroxylation is 2. The molecule has 3 aromatic rings. The number of hydrogen-bond acceptors (Lipinski definition) is 4. The largest absolute Gasteiger partial charge is 0.394 e. The predicted octanol–water partition coefficient (Wildman–Crippen LogP) is 2.45. The van der Waals surface area contributed by atoms with E-state index in [2.05, 4.69) is 59.0 Å². The average Bonchev–Trinajstić information content (AvgIpc) is 3.16. The smallest absolute Gasteiger partial charge is 0.112 e. The van der Waals surface area contributed by atoms with Crippen LogP contribution in [0.4, 0.5) is 0 Å². The molecule has 2 aromatic heterocycles. The van der Waals surface area contributed by atoms with Crippen LogP contribution in [0.1, 0.15) is 35.8 Å². The topological polar surface area (TPSA) is 59.1 Å². The second-order valence-electron chi connectivity index (χ2n) is 7.29. The summed E-state index contributed by atoms with van der Waals surface area (Å²) in [5.74, 6) is 1.75. The second-order valence-corrected chi connectivity index (χ2v) is 7.29. The van der Waals surface area contributed by atoms with Crippen LogP contribution in [0.3, 0.4) is 0 Å². The van der Waals surface area contributed by atoms with Crippen LogP contribution in [0, 0.1) is 6.92 Å². The SMILES string of the molecule is Cc1nn(CCO)cc1CN1CCC(c2nc3ccccc3n2C)CC1. The van der Waals surface area contributed by atoms with Gasteiger partial charge in [-0.1, -0.05) is 12.1 Å². The molecule has 0 amide bonds. The number of hydrogen-bond donors (Lipinski definition) is 1. The molecule has 6 heteroatoms. The molecular weight excluding hydrogens is 326 g/mol. The molecule has 1 N–H and O–H groups in total. The van der Waals surface area contributed by atoms with Gasteiger partial charge in [0.15, 0.2) is 0 Å². The first-order valence-corrected chi connectivity index (χ1v) is 9.43. The highest BCUT2D eigenvalue weighted by Gasteiger charge is 2.25. The van der Waals surface area contributed by atoms with Gasteiger partial charge in [-0.2, -0.15) is 5.10 Å². The molecule has 1 aliphatic rings. The fourth-order valence-electron chi connectivity index (χ4n) is 4.05. The maximum atomic E-state index is 9.07. The van der Waals surface area contributed by atoms with E-state index in [9.17, 15) is 0 Å². The van der Waals surface area contributed by atoms with Crippen molar-refractivity contribution in [3.05, 3.63) is 47.5 Å². The van der Waals surface area contributed by atoms with Gasteiger partial charge in [-0.25, -0.2) is 4.98 Å². The molecule has 4 rings (SSSR count). The maximum absolute atomic E-state index is 9.07. The van der Waals surface area contributed by atoms with E-state index in [-0.39, 0.29) is 6.61 Å². The fraction of sp³-hybridized carbons (Fsp3) is 0.500. The quantitative estimate of drug-likeness (QED) is 0.765. The van der Waals surface area contributed by atoms with E-state index in [0.29, 0.717) is 12.5 Å². The lowest BCUT2D eigenvalue weighted by atomic mass is 9.95. The Morgan fingerprint density at radius 3 is 2.69 bits per heavy atom. The van der Waals surface area contributed by atoms with Gasteiger partial charge in [0.25, 0.3) is 0 Å². The molecule has 3 heterocycles. The van der Waals surface area contributed by atoms with Crippen molar-refractivity contribution in [2.45, 2.75) is 38.8 Å². The van der Waals surface area contributed by atoms with E-state index in [4.69, 9.17) is 10.1 Å². The molecule has 0 saturated carbocycles. The molecule has 6 nitrogen and oxygen atoms in total. The molecule has 0 aliphatic carbocycles. The van der Waals surface area contributed by atoms with Crippen LogP contribution in [0.25, 0.3) is 11.0 Å². The number of imidazole rings is 1. The molecule has 1 saturated heterocycles. The van der Waals surface area contributed by atoms with Crippen molar-refractivity contribution < 1.29 is 5.11 Å². The average molecular weight is 353 g/mol. The summed E-state index contributed by atoms with van der Waals surface area (Å²) in [6.07, 6.45) is 4.35. The monoisotopic (exact) mass is 353 g/mol. The Morgan fingerprint density at radius 1 is 1.19 bits per heavy atom. The zero-order valence-electron chi connectivity index (χ0n) is 15.6. The van der Waals surface area contributed by atoms with Crippen molar-refractivity contribution in [2.24, 2.45) is 7.05 Å². The highest BCUT2D eigenvalue weighted by Crippen LogP contribution is 2.30. The van der Waals surface area contributed by atoms with Crippen LogP contribution < -0.4 is 0 Å². The van der Waals surface area contributed by atoms with Crippen LogP contribution in [0.2, 0.25) is 0 Å². The van der Waals surface area contributed by atoms with Crippen LogP contribution in [0.5, 0.6) is 0 Å². The van der Waals surface area contributed by atoms with E-state index < -0.39 is 0 Å². The summed E-state index contributed by atoms with van der Waals surface area (Å²) in [7, 11) is 2.13. The summed E-state index contributed by atoms with van der Waals surface area (Å²) in [6, 6.07) is 8.38. The number of benzene rings is 1. The molecule has 1 fully saturated rings. The summed E-state index contributed by atoms with van der Waals surface area (Å²) in [5, 5.41) is 13.6. The Hall–Kier alpha value is -2.18. The first-order valence-electron chi connectivity index (χ1n) is 9.43. The molecule has 138 valence electrons. The minimum Gasteiger partial charge on any atom is -0.394 e. The molecule has 1 aliphatic heterocycles. The summed E-state index contributed by atoms with van der Waals surface area (Å²) in [5.41, 5.74) is 4.65. The minimum absolute atomic E-state index is 0.129. The zero-order chi connectivity index (χ0) is 18.1. The zero-order valence-corrected chi connectivity index (χ0v) is 15.6. The van der Waals surface area contributed by atoms with E-state index in [1.807, 2.05) is 4.68 Å². The van der Waals surface area contributed by atoms with E-state index in [1.54, 1.807) is 0 Å². The molecule has 0 bridgehead atoms. The fourth-order valence-corrected chi connectivity index (χ4v) is 4.05. The van der Waals surface area contributed by atoms with E-state index >= 15 is 0 Å². The van der Waals surface area contributed by atoms with Gasteiger partial charge in [-0.15, -0.1) is 0 Å². The number of aromatic nitrogens is 4. The third-order valence-electron chi connectivity index (χ3n) is 5.55. The third-order valence-corrected chi connectivity index (χ3v) is 5.55. The molecule has 26 heavy (non-hydrogen) atoms. The number of nitrogens with zero attached hydrogens (tertiary/aromatic N) is 5. The van der Waals surface area contributed by atoms with Crippen LogP contribution in [-0.2, 0) is 20.1 Å². The standard InChI is InChI=1S/C20H27N5O/c1-15-17(14-25(22-15)11-12-26)13-24-9-7-16(8-10-24)20-21-18-5-3-4-6-19(18)23(20)2/h3-6,14,16,26H,7-13H2,1-2H3. The first-order chi connectivity index (χ1) is 12.7. The van der Waals surface area contributed by atoms with Gasteiger partial charge in [0, 0.05) is 31.3 Å². The molecular formula is C20H27N5O. The van der Waals surface area contributed by atoms with Gasteiger partial charge in [-0.3, -0.25) is 9.58 Å². The number of rotatable bonds is 5. The summed E-state index contributed by atoms with van der Waals surface area (Å²) in [6.45, 7) is 5.85. The predicted molar refractivity (Wildman–Crippen MR) is 102 cm³/mol. The van der Waals surface area contributed by atoms with Crippen molar-refractivity contribution in [3.63, 3.8) is 0 Å². The van der Waals surface area contributed by atoms with Gasteiger partial charge in [-0.05, 0) is 45.0 Å². The Morgan fingerprint density at radius 2 is 1.96 bits per heavy atom. The second kappa shape index (κ2) is 7.21. The number of aliphatic hydroxyl groups excluding tert-OH is 1. The van der Waals surface area contributed by atoms with E-state index in [1.165, 1.54) is 16.9 Å². The molecule has 1 aromatic carbocycles. The van der Waals surface area contributed by atoms with Gasteiger partial charge >= 0.3 is 0 Å². The molecule has 0 atom stereocenters. The summed E-state index contributed by atoms with van der Waals surface area (Å²) in [4.78, 5) is 7.40. The Balaban J connectivity index is 1.41. The Kier molecular flexibility index (Phi) is 4.78. The lowest BCUT2D eigenvalue weighted by Gasteiger charge is -2.31. The molecule has 0 radical (unpaired) electrons. The lowest BCUT2D eigenvalue weighted by Crippen LogP contribution is -2.33. The summed E-state index contributed by atoms with van der Waals surface area (Å²) < 4.78 is 4.11. The van der Waals surface area contributed by atoms with Gasteiger partial charge < -0.3 is 9.67 Å². The maximum Gasteiger partial charge on any atom is 0.112 e. The highest BCUT2D eigenvalue weighted by atomic mass is 16.3. The van der Waals surface area contributed by atoms with Crippen molar-refractivity contribution in [1.29, 1.82) is 0 Å². The molecule has 0 unspecified atom stereocenters. The number of aliphatic hydroxyl groups is 1. The number of para-hydroxylation sites is 2. The normalized spacial score (nSPS) is 16.6. The van der Waals surface area contributed by atoms with Crippen molar-refractivity contribution >= 4 is 11.0 Å². The number of piperidine rings is 1.